The standard InChI is InChI=1S/C14H14ClNO3S/c1-16(7-10-3-5-14(15)20-10)8-13(19)11-4-2-9(17)6-12(11)18/h2-6,17-18H,7-8H2,1H3. The highest BCUT2D eigenvalue weighted by Crippen LogP contribution is 2.24. The number of aromatic hydroxyl groups is 2. The summed E-state index contributed by atoms with van der Waals surface area (Å²) in [6, 6.07) is 7.70. The van der Waals surface area contributed by atoms with Crippen LogP contribution >= 0.6 is 22.9 Å². The van der Waals surface area contributed by atoms with Crippen molar-refractivity contribution in [1.29, 1.82) is 0 Å². The number of phenolic OH excluding ortho intramolecular Hbond substituents is 2. The lowest BCUT2D eigenvalue weighted by Crippen LogP contribution is -2.25. The number of carbonyl (C=O) groups excluding carboxylic acids is 1. The van der Waals surface area contributed by atoms with Gasteiger partial charge in [0.25, 0.3) is 0 Å². The van der Waals surface area contributed by atoms with E-state index in [1.165, 1.54) is 23.5 Å². The zero-order valence-electron chi connectivity index (χ0n) is 10.8. The summed E-state index contributed by atoms with van der Waals surface area (Å²) < 4.78 is 0.718. The number of halogens is 1. The number of hydrogen-bond donors (Lipinski definition) is 2. The molecule has 4 nitrogen and oxygen atoms in total. The van der Waals surface area contributed by atoms with Gasteiger partial charge in [0.1, 0.15) is 11.5 Å². The Morgan fingerprint density at radius 1 is 1.30 bits per heavy atom. The maximum atomic E-state index is 12.1. The van der Waals surface area contributed by atoms with E-state index in [4.69, 9.17) is 11.6 Å². The van der Waals surface area contributed by atoms with Crippen LogP contribution in [0, 0.1) is 0 Å². The quantitative estimate of drug-likeness (QED) is 0.833. The largest absolute Gasteiger partial charge is 0.508 e. The molecule has 2 rings (SSSR count). The molecule has 0 atom stereocenters. The van der Waals surface area contributed by atoms with E-state index in [1.807, 2.05) is 24.1 Å². The Labute approximate surface area is 125 Å². The van der Waals surface area contributed by atoms with Crippen LogP contribution in [-0.4, -0.2) is 34.5 Å². The van der Waals surface area contributed by atoms with Crippen LogP contribution < -0.4 is 0 Å². The molecular formula is C14H14ClNO3S. The summed E-state index contributed by atoms with van der Waals surface area (Å²) in [6.45, 7) is 0.788. The Kier molecular flexibility index (Phi) is 4.65. The molecule has 0 amide bonds. The third-order valence-corrected chi connectivity index (χ3v) is 3.97. The fourth-order valence-electron chi connectivity index (χ4n) is 1.84. The fraction of sp³-hybridized carbons (Fsp3) is 0.214. The van der Waals surface area contributed by atoms with E-state index in [2.05, 4.69) is 0 Å². The zero-order chi connectivity index (χ0) is 14.7. The van der Waals surface area contributed by atoms with Crippen molar-refractivity contribution in [3.8, 4) is 11.5 Å². The van der Waals surface area contributed by atoms with Crippen molar-refractivity contribution in [1.82, 2.24) is 4.90 Å². The smallest absolute Gasteiger partial charge is 0.180 e. The minimum atomic E-state index is -0.206. The van der Waals surface area contributed by atoms with Crippen LogP contribution in [0.5, 0.6) is 11.5 Å². The number of phenols is 2. The molecule has 0 fully saturated rings. The summed E-state index contributed by atoms with van der Waals surface area (Å²) in [5.74, 6) is -0.476. The molecule has 1 aromatic heterocycles. The predicted molar refractivity (Wildman–Crippen MR) is 79.8 cm³/mol. The van der Waals surface area contributed by atoms with Gasteiger partial charge in [-0.1, -0.05) is 11.6 Å². The summed E-state index contributed by atoms with van der Waals surface area (Å²) in [7, 11) is 1.82. The highest BCUT2D eigenvalue weighted by molar-refractivity contribution is 7.16. The van der Waals surface area contributed by atoms with Gasteiger partial charge in [0.15, 0.2) is 5.78 Å². The van der Waals surface area contributed by atoms with E-state index in [1.54, 1.807) is 0 Å². The normalized spacial score (nSPS) is 10.9. The molecule has 2 aromatic rings. The number of rotatable bonds is 5. The van der Waals surface area contributed by atoms with Crippen molar-refractivity contribution in [2.75, 3.05) is 13.6 Å². The van der Waals surface area contributed by atoms with E-state index < -0.39 is 0 Å². The Hall–Kier alpha value is -1.56. The predicted octanol–water partition coefficient (Wildman–Crippen LogP) is 3.13. The monoisotopic (exact) mass is 311 g/mol. The van der Waals surface area contributed by atoms with Crippen molar-refractivity contribution in [3.05, 3.63) is 45.1 Å². The van der Waals surface area contributed by atoms with E-state index in [-0.39, 0.29) is 29.4 Å². The second-order valence-electron chi connectivity index (χ2n) is 4.50. The summed E-state index contributed by atoms with van der Waals surface area (Å²) in [4.78, 5) is 15.0. The molecule has 2 N–H and O–H groups in total. The first-order valence-electron chi connectivity index (χ1n) is 5.93. The number of carbonyl (C=O) groups is 1. The topological polar surface area (TPSA) is 60.8 Å². The lowest BCUT2D eigenvalue weighted by molar-refractivity contribution is 0.0941. The molecule has 6 heteroatoms. The van der Waals surface area contributed by atoms with Crippen molar-refractivity contribution < 1.29 is 15.0 Å². The van der Waals surface area contributed by atoms with Crippen molar-refractivity contribution >= 4 is 28.7 Å². The highest BCUT2D eigenvalue weighted by Gasteiger charge is 2.14. The van der Waals surface area contributed by atoms with Crippen LogP contribution in [0.4, 0.5) is 0 Å². The van der Waals surface area contributed by atoms with Gasteiger partial charge in [-0.2, -0.15) is 0 Å². The van der Waals surface area contributed by atoms with Crippen molar-refractivity contribution in [2.45, 2.75) is 6.54 Å². The summed E-state index contributed by atoms with van der Waals surface area (Å²) >= 11 is 7.33. The molecule has 0 aliphatic heterocycles. The van der Waals surface area contributed by atoms with E-state index >= 15 is 0 Å². The molecule has 1 heterocycles. The van der Waals surface area contributed by atoms with Gasteiger partial charge in [-0.15, -0.1) is 11.3 Å². The van der Waals surface area contributed by atoms with Gasteiger partial charge < -0.3 is 10.2 Å². The highest BCUT2D eigenvalue weighted by atomic mass is 35.5. The molecule has 0 saturated heterocycles. The van der Waals surface area contributed by atoms with Gasteiger partial charge in [0.05, 0.1) is 16.4 Å². The summed E-state index contributed by atoms with van der Waals surface area (Å²) in [6.07, 6.45) is 0. The first-order chi connectivity index (χ1) is 9.45. The first-order valence-corrected chi connectivity index (χ1v) is 7.13. The lowest BCUT2D eigenvalue weighted by atomic mass is 10.1. The summed E-state index contributed by atoms with van der Waals surface area (Å²) in [5.41, 5.74) is 0.207. The van der Waals surface area contributed by atoms with Gasteiger partial charge in [0.2, 0.25) is 0 Å². The van der Waals surface area contributed by atoms with Crippen LogP contribution in [0.25, 0.3) is 0 Å². The van der Waals surface area contributed by atoms with Crippen molar-refractivity contribution in [2.24, 2.45) is 0 Å². The van der Waals surface area contributed by atoms with E-state index in [0.717, 1.165) is 15.3 Å². The average Bonchev–Trinajstić information content (AvgIpc) is 2.74. The third-order valence-electron chi connectivity index (χ3n) is 2.75. The molecule has 0 saturated carbocycles. The average molecular weight is 312 g/mol. The van der Waals surface area contributed by atoms with E-state index in [0.29, 0.717) is 6.54 Å². The number of benzene rings is 1. The molecule has 0 aliphatic rings. The fourth-order valence-corrected chi connectivity index (χ4v) is 3.01. The molecule has 0 radical (unpaired) electrons. The minimum Gasteiger partial charge on any atom is -0.508 e. The molecule has 106 valence electrons. The Balaban J connectivity index is 2.00. The number of ketones is 1. The lowest BCUT2D eigenvalue weighted by Gasteiger charge is -2.15. The minimum absolute atomic E-state index is 0.0689. The number of Topliss-reactive ketones (excluding diaryl/α,β-unsaturated/α-hetero) is 1. The maximum absolute atomic E-state index is 12.1. The Morgan fingerprint density at radius 3 is 2.65 bits per heavy atom. The third kappa shape index (κ3) is 3.72. The molecule has 1 aromatic carbocycles. The number of likely N-dealkylation sites (N-methyl/N-ethyl adjacent to an activating group) is 1. The van der Waals surface area contributed by atoms with Crippen LogP contribution in [0.2, 0.25) is 4.34 Å². The first kappa shape index (κ1) is 14.8. The molecule has 20 heavy (non-hydrogen) atoms. The zero-order valence-corrected chi connectivity index (χ0v) is 12.4. The number of nitrogens with zero attached hydrogens (tertiary/aromatic N) is 1. The van der Waals surface area contributed by atoms with Crippen LogP contribution in [0.15, 0.2) is 30.3 Å². The molecule has 0 unspecified atom stereocenters. The Bertz CT molecular complexity index is 627. The van der Waals surface area contributed by atoms with Crippen LogP contribution in [0.1, 0.15) is 15.2 Å². The molecule has 0 bridgehead atoms. The summed E-state index contributed by atoms with van der Waals surface area (Å²) in [5, 5.41) is 18.9. The van der Waals surface area contributed by atoms with E-state index in [9.17, 15) is 15.0 Å². The van der Waals surface area contributed by atoms with Crippen LogP contribution in [-0.2, 0) is 6.54 Å². The second-order valence-corrected chi connectivity index (χ2v) is 6.30. The van der Waals surface area contributed by atoms with Crippen molar-refractivity contribution in [3.63, 3.8) is 0 Å². The number of thiophene rings is 1. The molecule has 0 spiro atoms. The van der Waals surface area contributed by atoms with Crippen LogP contribution in [0.3, 0.4) is 0 Å². The van der Waals surface area contributed by atoms with Gasteiger partial charge in [-0.3, -0.25) is 9.69 Å². The van der Waals surface area contributed by atoms with Gasteiger partial charge in [-0.25, -0.2) is 0 Å². The van der Waals surface area contributed by atoms with Gasteiger partial charge >= 0.3 is 0 Å². The molecular weight excluding hydrogens is 298 g/mol. The SMILES string of the molecule is CN(CC(=O)c1ccc(O)cc1O)Cc1ccc(Cl)s1. The number of hydrogen-bond acceptors (Lipinski definition) is 5. The van der Waals surface area contributed by atoms with Gasteiger partial charge in [0, 0.05) is 17.5 Å². The molecule has 0 aliphatic carbocycles. The maximum Gasteiger partial charge on any atom is 0.180 e. The second kappa shape index (κ2) is 6.26. The van der Waals surface area contributed by atoms with Gasteiger partial charge in [-0.05, 0) is 31.3 Å². The Morgan fingerprint density at radius 2 is 2.05 bits per heavy atom.